The standard InChI is InChI=1S/C27H26F2N2O4/c1-2-34-25-14-20(5-8-24(25)35-17-18-4-3-11-30-16-18)27(33)31-12-9-19(10-13-31)26(32)22-15-21(28)6-7-23(22)29/h3-8,11,14-16,19H,2,9-10,12-13,17H2,1H3. The second-order valence-electron chi connectivity index (χ2n) is 8.30. The number of rotatable bonds is 8. The van der Waals surface area contributed by atoms with Crippen molar-refractivity contribution >= 4 is 11.7 Å². The molecule has 1 aliphatic rings. The first kappa shape index (κ1) is 24.3. The summed E-state index contributed by atoms with van der Waals surface area (Å²) in [5.41, 5.74) is 1.12. The normalized spacial score (nSPS) is 14.0. The number of ether oxygens (including phenoxy) is 2. The molecule has 1 aromatic heterocycles. The van der Waals surface area contributed by atoms with Crippen LogP contribution in [0.5, 0.6) is 11.5 Å². The maximum Gasteiger partial charge on any atom is 0.253 e. The van der Waals surface area contributed by atoms with E-state index in [1.54, 1.807) is 35.5 Å². The van der Waals surface area contributed by atoms with Crippen LogP contribution in [0, 0.1) is 17.6 Å². The van der Waals surface area contributed by atoms with Gasteiger partial charge in [-0.3, -0.25) is 14.6 Å². The summed E-state index contributed by atoms with van der Waals surface area (Å²) in [7, 11) is 0. The summed E-state index contributed by atoms with van der Waals surface area (Å²) in [6, 6.07) is 11.7. The lowest BCUT2D eigenvalue weighted by Gasteiger charge is -2.31. The van der Waals surface area contributed by atoms with E-state index in [1.165, 1.54) is 0 Å². The molecule has 0 spiro atoms. The number of ketones is 1. The molecule has 8 heteroatoms. The van der Waals surface area contributed by atoms with Crippen LogP contribution in [0.1, 0.15) is 46.0 Å². The number of amides is 1. The van der Waals surface area contributed by atoms with Crippen molar-refractivity contribution in [2.24, 2.45) is 5.92 Å². The number of benzene rings is 2. The Kier molecular flexibility index (Phi) is 7.70. The molecule has 6 nitrogen and oxygen atoms in total. The minimum atomic E-state index is -0.732. The lowest BCUT2D eigenvalue weighted by molar-refractivity contribution is 0.0648. The molecule has 1 amide bonds. The molecule has 182 valence electrons. The molecule has 0 saturated carbocycles. The van der Waals surface area contributed by atoms with Crippen LogP contribution in [0.4, 0.5) is 8.78 Å². The van der Waals surface area contributed by atoms with Gasteiger partial charge < -0.3 is 14.4 Å². The number of carbonyl (C=O) groups excluding carboxylic acids is 2. The van der Waals surface area contributed by atoms with Crippen molar-refractivity contribution in [2.45, 2.75) is 26.4 Å². The minimum absolute atomic E-state index is 0.187. The molecule has 4 rings (SSSR count). The van der Waals surface area contributed by atoms with Gasteiger partial charge in [0.1, 0.15) is 18.2 Å². The van der Waals surface area contributed by atoms with Crippen LogP contribution in [0.25, 0.3) is 0 Å². The van der Waals surface area contributed by atoms with Crippen molar-refractivity contribution in [1.82, 2.24) is 9.88 Å². The Hall–Kier alpha value is -3.81. The Bertz CT molecular complexity index is 1200. The largest absolute Gasteiger partial charge is 0.490 e. The van der Waals surface area contributed by atoms with Crippen LogP contribution >= 0.6 is 0 Å². The van der Waals surface area contributed by atoms with Crippen LogP contribution in [0.15, 0.2) is 60.9 Å². The third-order valence-corrected chi connectivity index (χ3v) is 5.95. The molecule has 1 saturated heterocycles. The SMILES string of the molecule is CCOc1cc(C(=O)N2CCC(C(=O)c3cc(F)ccc3F)CC2)ccc1OCc1cccnc1. The van der Waals surface area contributed by atoms with Crippen molar-refractivity contribution in [3.05, 3.63) is 89.2 Å². The first-order valence-corrected chi connectivity index (χ1v) is 11.5. The van der Waals surface area contributed by atoms with Gasteiger partial charge in [-0.2, -0.15) is 0 Å². The van der Waals surface area contributed by atoms with Crippen LogP contribution in [-0.4, -0.2) is 41.3 Å². The molecule has 0 aliphatic carbocycles. The lowest BCUT2D eigenvalue weighted by Crippen LogP contribution is -2.40. The molecule has 0 atom stereocenters. The maximum absolute atomic E-state index is 14.0. The Morgan fingerprint density at radius 1 is 1.03 bits per heavy atom. The molecular formula is C27H26F2N2O4. The van der Waals surface area contributed by atoms with Gasteiger partial charge in [-0.1, -0.05) is 6.07 Å². The fourth-order valence-electron chi connectivity index (χ4n) is 4.11. The van der Waals surface area contributed by atoms with E-state index in [-0.39, 0.29) is 11.5 Å². The summed E-state index contributed by atoms with van der Waals surface area (Å²) in [5, 5.41) is 0. The molecule has 2 aromatic carbocycles. The number of likely N-dealkylation sites (tertiary alicyclic amines) is 1. The number of Topliss-reactive ketones (excluding diaryl/α,β-unsaturated/α-hetero) is 1. The molecule has 0 N–H and O–H groups in total. The average molecular weight is 481 g/mol. The summed E-state index contributed by atoms with van der Waals surface area (Å²) in [6.07, 6.45) is 4.17. The highest BCUT2D eigenvalue weighted by Crippen LogP contribution is 2.31. The summed E-state index contributed by atoms with van der Waals surface area (Å²) < 4.78 is 39.1. The van der Waals surface area contributed by atoms with Crippen molar-refractivity contribution in [1.29, 1.82) is 0 Å². The molecule has 1 fully saturated rings. The Morgan fingerprint density at radius 2 is 1.83 bits per heavy atom. The molecule has 0 bridgehead atoms. The van der Waals surface area contributed by atoms with Crippen LogP contribution in [-0.2, 0) is 6.61 Å². The predicted molar refractivity (Wildman–Crippen MR) is 125 cm³/mol. The minimum Gasteiger partial charge on any atom is -0.490 e. The number of halogens is 2. The van der Waals surface area contributed by atoms with Gasteiger partial charge in [0.2, 0.25) is 0 Å². The molecular weight excluding hydrogens is 454 g/mol. The topological polar surface area (TPSA) is 68.7 Å². The Balaban J connectivity index is 1.40. The predicted octanol–water partition coefficient (Wildman–Crippen LogP) is 5.07. The third kappa shape index (κ3) is 5.82. The zero-order valence-corrected chi connectivity index (χ0v) is 19.4. The summed E-state index contributed by atoms with van der Waals surface area (Å²) in [6.45, 7) is 3.26. The highest BCUT2D eigenvalue weighted by Gasteiger charge is 2.30. The van der Waals surface area contributed by atoms with E-state index in [1.807, 2.05) is 19.1 Å². The third-order valence-electron chi connectivity index (χ3n) is 5.95. The fraction of sp³-hybridized carbons (Fsp3) is 0.296. The zero-order chi connectivity index (χ0) is 24.8. The number of nitrogens with zero attached hydrogens (tertiary/aromatic N) is 2. The molecule has 0 unspecified atom stereocenters. The highest BCUT2D eigenvalue weighted by molar-refractivity contribution is 5.99. The lowest BCUT2D eigenvalue weighted by atomic mass is 9.88. The highest BCUT2D eigenvalue weighted by atomic mass is 19.1. The smallest absolute Gasteiger partial charge is 0.253 e. The molecule has 0 radical (unpaired) electrons. The number of aromatic nitrogens is 1. The Morgan fingerprint density at radius 3 is 2.54 bits per heavy atom. The number of hydrogen-bond acceptors (Lipinski definition) is 5. The van der Waals surface area contributed by atoms with E-state index < -0.39 is 23.3 Å². The van der Waals surface area contributed by atoms with Gasteiger partial charge in [0.25, 0.3) is 5.91 Å². The van der Waals surface area contributed by atoms with E-state index in [0.29, 0.717) is 56.2 Å². The first-order chi connectivity index (χ1) is 17.0. The second-order valence-corrected chi connectivity index (χ2v) is 8.30. The van der Waals surface area contributed by atoms with Crippen molar-refractivity contribution in [2.75, 3.05) is 19.7 Å². The van der Waals surface area contributed by atoms with Crippen molar-refractivity contribution < 1.29 is 27.8 Å². The quantitative estimate of drug-likeness (QED) is 0.421. The van der Waals surface area contributed by atoms with Gasteiger partial charge in [-0.05, 0) is 62.2 Å². The van der Waals surface area contributed by atoms with Crippen LogP contribution in [0.3, 0.4) is 0 Å². The second kappa shape index (κ2) is 11.1. The van der Waals surface area contributed by atoms with E-state index >= 15 is 0 Å². The van der Waals surface area contributed by atoms with Crippen molar-refractivity contribution in [3.8, 4) is 11.5 Å². The number of carbonyl (C=O) groups is 2. The van der Waals surface area contributed by atoms with Crippen molar-refractivity contribution in [3.63, 3.8) is 0 Å². The monoisotopic (exact) mass is 480 g/mol. The number of hydrogen-bond donors (Lipinski definition) is 0. The fourth-order valence-corrected chi connectivity index (χ4v) is 4.11. The molecule has 2 heterocycles. The van der Waals surface area contributed by atoms with Gasteiger partial charge in [-0.25, -0.2) is 8.78 Å². The van der Waals surface area contributed by atoms with E-state index in [2.05, 4.69) is 4.98 Å². The average Bonchev–Trinajstić information content (AvgIpc) is 2.89. The van der Waals surface area contributed by atoms with E-state index in [4.69, 9.17) is 9.47 Å². The summed E-state index contributed by atoms with van der Waals surface area (Å²) in [5.74, 6) is -1.47. The Labute approximate surface area is 202 Å². The number of pyridine rings is 1. The van der Waals surface area contributed by atoms with Crippen LogP contribution < -0.4 is 9.47 Å². The molecule has 1 aliphatic heterocycles. The summed E-state index contributed by atoms with van der Waals surface area (Å²) in [4.78, 5) is 31.5. The van der Waals surface area contributed by atoms with Gasteiger partial charge in [-0.15, -0.1) is 0 Å². The van der Waals surface area contributed by atoms with Gasteiger partial charge in [0.15, 0.2) is 17.3 Å². The van der Waals surface area contributed by atoms with Crippen LogP contribution in [0.2, 0.25) is 0 Å². The summed E-state index contributed by atoms with van der Waals surface area (Å²) >= 11 is 0. The molecule has 35 heavy (non-hydrogen) atoms. The number of piperidine rings is 1. The van der Waals surface area contributed by atoms with E-state index in [9.17, 15) is 18.4 Å². The van der Waals surface area contributed by atoms with E-state index in [0.717, 1.165) is 23.8 Å². The maximum atomic E-state index is 14.0. The van der Waals surface area contributed by atoms with Gasteiger partial charge in [0.05, 0.1) is 12.2 Å². The zero-order valence-electron chi connectivity index (χ0n) is 19.4. The van der Waals surface area contributed by atoms with Gasteiger partial charge >= 0.3 is 0 Å². The molecule has 3 aromatic rings. The first-order valence-electron chi connectivity index (χ1n) is 11.5. The van der Waals surface area contributed by atoms with Gasteiger partial charge in [0, 0.05) is 42.5 Å².